The van der Waals surface area contributed by atoms with E-state index in [0.29, 0.717) is 51.6 Å². The third-order valence-electron chi connectivity index (χ3n) is 9.09. The van der Waals surface area contributed by atoms with Crippen LogP contribution in [0, 0.1) is 11.8 Å². The van der Waals surface area contributed by atoms with Crippen molar-refractivity contribution in [2.24, 2.45) is 11.8 Å². The fourth-order valence-electron chi connectivity index (χ4n) is 7.01. The minimum absolute atomic E-state index is 0.0549. The summed E-state index contributed by atoms with van der Waals surface area (Å²) in [7, 11) is 0. The normalized spacial score (nSPS) is 25.9. The van der Waals surface area contributed by atoms with Crippen LogP contribution in [0.2, 0.25) is 0 Å². The van der Waals surface area contributed by atoms with Crippen molar-refractivity contribution >= 4 is 23.7 Å². The Morgan fingerprint density at radius 3 is 2.59 bits per heavy atom. The number of carbonyl (C=O) groups excluding carboxylic acids is 4. The molecule has 10 heteroatoms. The molecule has 10 nitrogen and oxygen atoms in total. The second-order valence-corrected chi connectivity index (χ2v) is 12.2. The topological polar surface area (TPSA) is 125 Å². The highest BCUT2D eigenvalue weighted by molar-refractivity contribution is 5.98. The lowest BCUT2D eigenvalue weighted by Crippen LogP contribution is -2.57. The number of carbonyl (C=O) groups is 4. The maximum atomic E-state index is 14.2. The van der Waals surface area contributed by atoms with Crippen molar-refractivity contribution in [2.75, 3.05) is 26.2 Å². The van der Waals surface area contributed by atoms with Gasteiger partial charge in [-0.3, -0.25) is 19.2 Å². The Bertz CT molecular complexity index is 1200. The highest BCUT2D eigenvalue weighted by Gasteiger charge is 2.75. The fourth-order valence-corrected chi connectivity index (χ4v) is 7.01. The Hall–Kier alpha value is -3.50. The number of rotatable bonds is 17. The smallest absolute Gasteiger partial charge is 0.313 e. The minimum Gasteiger partial charge on any atom is -0.455 e. The number of likely N-dealkylation sites (tertiary alicyclic amines) is 1. The van der Waals surface area contributed by atoms with Gasteiger partial charge >= 0.3 is 5.97 Å². The zero-order chi connectivity index (χ0) is 31.9. The summed E-state index contributed by atoms with van der Waals surface area (Å²) in [6.45, 7) is 12.1. The Morgan fingerprint density at radius 1 is 1.18 bits per heavy atom. The van der Waals surface area contributed by atoms with Crippen LogP contribution in [0.4, 0.5) is 0 Å². The summed E-state index contributed by atoms with van der Waals surface area (Å²) in [5.41, 5.74) is -0.411. The number of nitrogens with zero attached hydrogens (tertiary/aromatic N) is 2. The number of aliphatic hydroxyl groups excluding tert-OH is 1. The van der Waals surface area contributed by atoms with Gasteiger partial charge in [0.05, 0.1) is 24.5 Å². The van der Waals surface area contributed by atoms with E-state index in [1.54, 1.807) is 22.0 Å². The molecule has 6 atom stereocenters. The van der Waals surface area contributed by atoms with Gasteiger partial charge in [-0.15, -0.1) is 13.2 Å². The van der Waals surface area contributed by atoms with Gasteiger partial charge in [0.15, 0.2) is 0 Å². The van der Waals surface area contributed by atoms with Gasteiger partial charge in [0.1, 0.15) is 17.7 Å². The zero-order valence-electron chi connectivity index (χ0n) is 26.0. The van der Waals surface area contributed by atoms with Crippen LogP contribution >= 0.6 is 0 Å². The molecule has 1 spiro atoms. The molecule has 0 radical (unpaired) electrons. The summed E-state index contributed by atoms with van der Waals surface area (Å²) < 4.78 is 12.7. The zero-order valence-corrected chi connectivity index (χ0v) is 26.0. The van der Waals surface area contributed by atoms with Gasteiger partial charge in [-0.05, 0) is 57.9 Å². The maximum Gasteiger partial charge on any atom is 0.313 e. The molecule has 3 heterocycles. The first-order valence-corrected chi connectivity index (χ1v) is 15.8. The number of allylic oxidation sites excluding steroid dienone is 1. The molecule has 0 aromatic heterocycles. The molecule has 2 N–H and O–H groups in total. The van der Waals surface area contributed by atoms with Gasteiger partial charge < -0.3 is 29.7 Å². The third-order valence-corrected chi connectivity index (χ3v) is 9.09. The van der Waals surface area contributed by atoms with Crippen LogP contribution in [0.25, 0.3) is 0 Å². The number of esters is 1. The van der Waals surface area contributed by atoms with E-state index in [9.17, 15) is 24.3 Å². The predicted molar refractivity (Wildman–Crippen MR) is 165 cm³/mol. The van der Waals surface area contributed by atoms with Crippen molar-refractivity contribution in [1.82, 2.24) is 15.1 Å². The summed E-state index contributed by atoms with van der Waals surface area (Å²) >= 11 is 0. The molecule has 3 amide bonds. The van der Waals surface area contributed by atoms with Crippen molar-refractivity contribution in [3.05, 3.63) is 61.2 Å². The largest absolute Gasteiger partial charge is 0.455 e. The molecule has 3 aliphatic rings. The van der Waals surface area contributed by atoms with Crippen molar-refractivity contribution in [1.29, 1.82) is 0 Å². The monoisotopic (exact) mass is 609 g/mol. The molecule has 3 fully saturated rings. The SMILES string of the molecule is C=CCCC(=O)NC[C@@H](OC(=O)[C@@H]1[C@@H]2CC[C@]3(O2)[C@H](C(=O)N(CC=C)C(C)C)N(CCCCCO)C(=O)[C@@H]13)c1ccccc1. The highest BCUT2D eigenvalue weighted by Crippen LogP contribution is 2.59. The van der Waals surface area contributed by atoms with Gasteiger partial charge in [0, 0.05) is 32.2 Å². The quantitative estimate of drug-likeness (QED) is 0.158. The summed E-state index contributed by atoms with van der Waals surface area (Å²) in [4.78, 5) is 58.1. The number of benzene rings is 1. The third kappa shape index (κ3) is 6.76. The summed E-state index contributed by atoms with van der Waals surface area (Å²) in [6, 6.07) is 8.19. The first kappa shape index (κ1) is 33.4. The van der Waals surface area contributed by atoms with Gasteiger partial charge in [-0.2, -0.15) is 0 Å². The molecule has 44 heavy (non-hydrogen) atoms. The molecular formula is C34H47N3O7. The molecule has 1 aromatic carbocycles. The van der Waals surface area contributed by atoms with Gasteiger partial charge in [-0.1, -0.05) is 42.5 Å². The van der Waals surface area contributed by atoms with Crippen LogP contribution in [0.5, 0.6) is 0 Å². The van der Waals surface area contributed by atoms with Gasteiger partial charge in [0.25, 0.3) is 0 Å². The number of aliphatic hydroxyl groups is 1. The van der Waals surface area contributed by atoms with Gasteiger partial charge in [-0.25, -0.2) is 0 Å². The van der Waals surface area contributed by atoms with E-state index >= 15 is 0 Å². The van der Waals surface area contributed by atoms with Crippen molar-refractivity contribution in [3.8, 4) is 0 Å². The first-order chi connectivity index (χ1) is 21.2. The summed E-state index contributed by atoms with van der Waals surface area (Å²) in [6.07, 6.45) is 5.77. The average Bonchev–Trinajstić information content (AvgIpc) is 3.66. The molecular weight excluding hydrogens is 562 g/mol. The van der Waals surface area contributed by atoms with Crippen molar-refractivity contribution in [2.45, 2.75) is 88.7 Å². The number of amides is 3. The molecule has 0 aliphatic carbocycles. The van der Waals surface area contributed by atoms with Crippen LogP contribution in [0.1, 0.15) is 70.5 Å². The number of hydrogen-bond donors (Lipinski definition) is 2. The lowest BCUT2D eigenvalue weighted by molar-refractivity contribution is -0.160. The van der Waals surface area contributed by atoms with E-state index in [2.05, 4.69) is 18.5 Å². The van der Waals surface area contributed by atoms with E-state index in [1.165, 1.54) is 0 Å². The number of unbranched alkanes of at least 4 members (excludes halogenated alkanes) is 2. The van der Waals surface area contributed by atoms with Crippen LogP contribution in [-0.4, -0.2) is 88.6 Å². The van der Waals surface area contributed by atoms with Crippen LogP contribution in [0.3, 0.4) is 0 Å². The lowest BCUT2D eigenvalue weighted by atomic mass is 9.70. The van der Waals surface area contributed by atoms with Crippen LogP contribution in [-0.2, 0) is 28.7 Å². The number of ether oxygens (including phenoxy) is 2. The van der Waals surface area contributed by atoms with E-state index in [4.69, 9.17) is 9.47 Å². The molecule has 3 aliphatic heterocycles. The van der Waals surface area contributed by atoms with Gasteiger partial charge in [0.2, 0.25) is 17.7 Å². The summed E-state index contributed by atoms with van der Waals surface area (Å²) in [5.74, 6) is -2.95. The minimum atomic E-state index is -1.13. The van der Waals surface area contributed by atoms with E-state index < -0.39 is 41.7 Å². The molecule has 0 saturated carbocycles. The number of fused-ring (bicyclic) bond motifs is 1. The lowest BCUT2D eigenvalue weighted by Gasteiger charge is -2.38. The van der Waals surface area contributed by atoms with Crippen molar-refractivity contribution in [3.63, 3.8) is 0 Å². The molecule has 0 unspecified atom stereocenters. The van der Waals surface area contributed by atoms with E-state index in [1.807, 2.05) is 44.2 Å². The van der Waals surface area contributed by atoms with E-state index in [-0.39, 0.29) is 43.3 Å². The molecule has 1 aromatic rings. The Kier molecular flexibility index (Phi) is 11.4. The summed E-state index contributed by atoms with van der Waals surface area (Å²) in [5, 5.41) is 12.1. The Labute approximate surface area is 260 Å². The fraction of sp³-hybridized carbons (Fsp3) is 0.588. The average molecular weight is 610 g/mol. The number of hydrogen-bond acceptors (Lipinski definition) is 7. The molecule has 2 bridgehead atoms. The molecule has 3 saturated heterocycles. The second-order valence-electron chi connectivity index (χ2n) is 12.2. The highest BCUT2D eigenvalue weighted by atomic mass is 16.6. The van der Waals surface area contributed by atoms with Crippen LogP contribution < -0.4 is 5.32 Å². The van der Waals surface area contributed by atoms with E-state index in [0.717, 1.165) is 5.56 Å². The molecule has 240 valence electrons. The number of nitrogens with one attached hydrogen (secondary N) is 1. The Morgan fingerprint density at radius 2 is 1.93 bits per heavy atom. The molecule has 4 rings (SSSR count). The maximum absolute atomic E-state index is 14.2. The van der Waals surface area contributed by atoms with Crippen LogP contribution in [0.15, 0.2) is 55.6 Å². The second kappa shape index (κ2) is 15.0. The van der Waals surface area contributed by atoms with Crippen molar-refractivity contribution < 1.29 is 33.8 Å². The Balaban J connectivity index is 1.61. The predicted octanol–water partition coefficient (Wildman–Crippen LogP) is 3.31. The first-order valence-electron chi connectivity index (χ1n) is 15.8. The standard InChI is InChI=1S/C34H47N3O7/c1-5-7-16-27(39)35-22-26(24-14-10-8-11-15-24)43-33(42)28-25-17-18-34(44-25)29(28)31(40)37(20-12-9-13-21-38)30(34)32(41)36(19-6-2)23(3)4/h5-6,8,10-11,14-15,23,25-26,28-30,38H,1-2,7,9,12-13,16-22H2,3-4H3,(H,35,39)/t25-,26+,28+,29+,30-,34+/m0/s1.